The number of carbonyl (C=O) groups is 2. The molecule has 0 rings (SSSR count). The molecule has 0 unspecified atom stereocenters. The number of rotatable bonds is 3. The monoisotopic (exact) mass is 231 g/mol. The number of carbonyl (C=O) groups excluding carboxylic acids is 2. The van der Waals surface area contributed by atoms with E-state index >= 15 is 0 Å². The summed E-state index contributed by atoms with van der Waals surface area (Å²) < 4.78 is 39.3. The molecule has 0 aliphatic carbocycles. The molecule has 0 aliphatic rings. The van der Waals surface area contributed by atoms with E-state index in [2.05, 4.69) is 17.4 Å². The molecule has 0 saturated carbocycles. The van der Waals surface area contributed by atoms with Gasteiger partial charge in [-0.1, -0.05) is 0 Å². The zero-order valence-electron chi connectivity index (χ0n) is 7.09. The number of ether oxygens (including phenoxy) is 1. The third kappa shape index (κ3) is 3.86. The van der Waals surface area contributed by atoms with Crippen molar-refractivity contribution in [2.24, 2.45) is 0 Å². The molecule has 1 atom stereocenters. The minimum absolute atomic E-state index is 0.269. The maximum absolute atomic E-state index is 11.7. The van der Waals surface area contributed by atoms with Gasteiger partial charge in [0.1, 0.15) is 6.04 Å². The Morgan fingerprint density at radius 2 is 2.00 bits per heavy atom. The highest BCUT2D eigenvalue weighted by Gasteiger charge is 2.40. The predicted octanol–water partition coefficient (Wildman–Crippen LogP) is 0.136. The highest BCUT2D eigenvalue weighted by molar-refractivity contribution is 7.80. The number of thiol groups is 1. The van der Waals surface area contributed by atoms with E-state index in [-0.39, 0.29) is 5.75 Å². The van der Waals surface area contributed by atoms with Crippen LogP contribution in [-0.4, -0.2) is 37.0 Å². The zero-order chi connectivity index (χ0) is 11.4. The van der Waals surface area contributed by atoms with Crippen LogP contribution in [0.4, 0.5) is 13.2 Å². The summed E-state index contributed by atoms with van der Waals surface area (Å²) in [6.45, 7) is 0. The van der Waals surface area contributed by atoms with Crippen LogP contribution in [0.1, 0.15) is 0 Å². The molecule has 8 heteroatoms. The zero-order valence-corrected chi connectivity index (χ0v) is 7.98. The average Bonchev–Trinajstić information content (AvgIpc) is 2.10. The van der Waals surface area contributed by atoms with Crippen LogP contribution in [0.25, 0.3) is 0 Å². The first-order chi connectivity index (χ1) is 6.32. The van der Waals surface area contributed by atoms with Gasteiger partial charge in [0.15, 0.2) is 0 Å². The number of hydrogen-bond acceptors (Lipinski definition) is 4. The van der Waals surface area contributed by atoms with Crippen molar-refractivity contribution in [3.63, 3.8) is 0 Å². The molecule has 0 heterocycles. The van der Waals surface area contributed by atoms with E-state index in [9.17, 15) is 22.8 Å². The van der Waals surface area contributed by atoms with E-state index in [0.717, 1.165) is 7.11 Å². The van der Waals surface area contributed by atoms with Gasteiger partial charge in [0.2, 0.25) is 0 Å². The van der Waals surface area contributed by atoms with Crippen LogP contribution < -0.4 is 5.32 Å². The second-order valence-electron chi connectivity index (χ2n) is 2.23. The molecule has 0 aliphatic heterocycles. The summed E-state index contributed by atoms with van der Waals surface area (Å²) in [6, 6.07) is -1.39. The molecule has 0 aromatic carbocycles. The van der Waals surface area contributed by atoms with Crippen molar-refractivity contribution in [3.05, 3.63) is 0 Å². The lowest BCUT2D eigenvalue weighted by atomic mass is 10.3. The average molecular weight is 231 g/mol. The molecule has 0 aromatic heterocycles. The molecular weight excluding hydrogens is 223 g/mol. The molecule has 82 valence electrons. The van der Waals surface area contributed by atoms with Gasteiger partial charge in [0, 0.05) is 5.75 Å². The van der Waals surface area contributed by atoms with Gasteiger partial charge in [0.25, 0.3) is 0 Å². The summed E-state index contributed by atoms with van der Waals surface area (Å²) in [5.41, 5.74) is 0. The Morgan fingerprint density at radius 1 is 1.50 bits per heavy atom. The van der Waals surface area contributed by atoms with Crippen LogP contribution in [0.3, 0.4) is 0 Å². The Balaban J connectivity index is 4.34. The molecule has 1 amide bonds. The second-order valence-corrected chi connectivity index (χ2v) is 2.59. The number of hydrogen-bond donors (Lipinski definition) is 2. The minimum Gasteiger partial charge on any atom is -0.467 e. The summed E-state index contributed by atoms with van der Waals surface area (Å²) in [5, 5.41) is 1.44. The van der Waals surface area contributed by atoms with Crippen molar-refractivity contribution in [1.82, 2.24) is 5.32 Å². The lowest BCUT2D eigenvalue weighted by molar-refractivity contribution is -0.175. The number of amides is 1. The first-order valence-corrected chi connectivity index (χ1v) is 4.02. The van der Waals surface area contributed by atoms with Gasteiger partial charge in [-0.15, -0.1) is 0 Å². The van der Waals surface area contributed by atoms with Crippen molar-refractivity contribution in [1.29, 1.82) is 0 Å². The Hall–Kier alpha value is -0.920. The standard InChI is InChI=1S/C6H8F3NO3S/c1-13-4(11)3(2-14)10-5(12)6(7,8)9/h3,14H,2H2,1H3,(H,10,12)/t3-/m0/s1. The molecule has 0 saturated heterocycles. The third-order valence-electron chi connectivity index (χ3n) is 1.23. The fraction of sp³-hybridized carbons (Fsp3) is 0.667. The highest BCUT2D eigenvalue weighted by atomic mass is 32.1. The number of methoxy groups -OCH3 is 1. The summed E-state index contributed by atoms with van der Waals surface area (Å²) in [7, 11) is 0.999. The molecule has 0 aromatic rings. The summed E-state index contributed by atoms with van der Waals surface area (Å²) >= 11 is 3.60. The summed E-state index contributed by atoms with van der Waals surface area (Å²) in [4.78, 5) is 21.1. The predicted molar refractivity (Wildman–Crippen MR) is 43.9 cm³/mol. The lowest BCUT2D eigenvalue weighted by Crippen LogP contribution is -2.48. The lowest BCUT2D eigenvalue weighted by Gasteiger charge is -2.14. The number of halogens is 3. The Labute approximate surface area is 83.2 Å². The Morgan fingerprint density at radius 3 is 2.29 bits per heavy atom. The fourth-order valence-corrected chi connectivity index (χ4v) is 0.802. The van der Waals surface area contributed by atoms with Crippen molar-refractivity contribution in [2.45, 2.75) is 12.2 Å². The van der Waals surface area contributed by atoms with Gasteiger partial charge >= 0.3 is 18.1 Å². The minimum atomic E-state index is -5.02. The van der Waals surface area contributed by atoms with Crippen molar-refractivity contribution >= 4 is 24.5 Å². The molecule has 0 fully saturated rings. The number of nitrogens with one attached hydrogen (secondary N) is 1. The third-order valence-corrected chi connectivity index (χ3v) is 1.60. The van der Waals surface area contributed by atoms with Gasteiger partial charge in [0.05, 0.1) is 7.11 Å². The molecule has 0 radical (unpaired) electrons. The van der Waals surface area contributed by atoms with Crippen LogP contribution in [0.2, 0.25) is 0 Å². The first-order valence-electron chi connectivity index (χ1n) is 3.39. The van der Waals surface area contributed by atoms with Crippen molar-refractivity contribution < 1.29 is 27.5 Å². The summed E-state index contributed by atoms with van der Waals surface area (Å²) in [6.07, 6.45) is -5.02. The quantitative estimate of drug-likeness (QED) is 0.536. The van der Waals surface area contributed by atoms with Crippen LogP contribution in [0, 0.1) is 0 Å². The molecule has 0 bridgehead atoms. The first kappa shape index (κ1) is 13.1. The smallest absolute Gasteiger partial charge is 0.467 e. The van der Waals surface area contributed by atoms with E-state index in [1.54, 1.807) is 0 Å². The summed E-state index contributed by atoms with van der Waals surface area (Å²) in [5.74, 6) is -3.44. The van der Waals surface area contributed by atoms with Crippen molar-refractivity contribution in [3.8, 4) is 0 Å². The SMILES string of the molecule is COC(=O)[C@H](CS)NC(=O)C(F)(F)F. The van der Waals surface area contributed by atoms with Gasteiger partial charge < -0.3 is 10.1 Å². The van der Waals surface area contributed by atoms with Gasteiger partial charge in [-0.05, 0) is 0 Å². The van der Waals surface area contributed by atoms with Crippen molar-refractivity contribution in [2.75, 3.05) is 12.9 Å². The van der Waals surface area contributed by atoms with E-state index in [4.69, 9.17) is 0 Å². The van der Waals surface area contributed by atoms with Crippen LogP contribution in [0.15, 0.2) is 0 Å². The van der Waals surface area contributed by atoms with E-state index in [1.165, 1.54) is 5.32 Å². The van der Waals surface area contributed by atoms with Crippen LogP contribution >= 0.6 is 12.6 Å². The van der Waals surface area contributed by atoms with Crippen LogP contribution in [-0.2, 0) is 14.3 Å². The fourth-order valence-electron chi connectivity index (χ4n) is 0.561. The number of alkyl halides is 3. The van der Waals surface area contributed by atoms with E-state index in [1.807, 2.05) is 0 Å². The Kier molecular flexibility index (Phi) is 4.75. The van der Waals surface area contributed by atoms with E-state index in [0.29, 0.717) is 0 Å². The molecule has 4 nitrogen and oxygen atoms in total. The number of esters is 1. The van der Waals surface area contributed by atoms with Crippen LogP contribution in [0.5, 0.6) is 0 Å². The highest BCUT2D eigenvalue weighted by Crippen LogP contribution is 2.14. The Bertz CT molecular complexity index is 231. The topological polar surface area (TPSA) is 55.4 Å². The maximum Gasteiger partial charge on any atom is 0.471 e. The maximum atomic E-state index is 11.7. The van der Waals surface area contributed by atoms with Gasteiger partial charge in [-0.2, -0.15) is 25.8 Å². The molecule has 14 heavy (non-hydrogen) atoms. The molecule has 1 N–H and O–H groups in total. The van der Waals surface area contributed by atoms with Gasteiger partial charge in [-0.25, -0.2) is 4.79 Å². The largest absolute Gasteiger partial charge is 0.471 e. The second kappa shape index (κ2) is 5.08. The van der Waals surface area contributed by atoms with Gasteiger partial charge in [-0.3, -0.25) is 4.79 Å². The normalized spacial score (nSPS) is 13.2. The van der Waals surface area contributed by atoms with E-state index < -0.39 is 24.1 Å². The molecule has 0 spiro atoms. The molecular formula is C6H8F3NO3S.